The monoisotopic (exact) mass is 602 g/mol. The van der Waals surface area contributed by atoms with Crippen LogP contribution in [-0.2, 0) is 16.0 Å². The fraction of sp³-hybridized carbons (Fsp3) is 0.385. The Balaban J connectivity index is 1.16. The van der Waals surface area contributed by atoms with Crippen LogP contribution in [0.25, 0.3) is 9.40 Å². The second kappa shape index (κ2) is 11.4. The van der Waals surface area contributed by atoms with E-state index in [2.05, 4.69) is 42.9 Å². The Labute approximate surface area is 230 Å². The smallest absolute Gasteiger partial charge is 0.328 e. The summed E-state index contributed by atoms with van der Waals surface area (Å²) < 4.78 is 1.09. The molecule has 1 fully saturated rings. The summed E-state index contributed by atoms with van der Waals surface area (Å²) in [5.41, 5.74) is 1.70. The van der Waals surface area contributed by atoms with Gasteiger partial charge in [-0.3, -0.25) is 9.59 Å². The molecule has 0 radical (unpaired) electrons. The molecule has 2 aromatic heterocycles. The maximum Gasteiger partial charge on any atom is 0.328 e. The molecule has 1 unspecified atom stereocenters. The number of aryl methyl sites for hydroxylation is 1. The van der Waals surface area contributed by atoms with Gasteiger partial charge in [0.15, 0.2) is 0 Å². The molecular weight excluding hydrogens is 576 g/mol. The van der Waals surface area contributed by atoms with Gasteiger partial charge in [0.05, 0.1) is 19.4 Å². The van der Waals surface area contributed by atoms with E-state index in [4.69, 9.17) is 0 Å². The average molecular weight is 604 g/mol. The van der Waals surface area contributed by atoms with Crippen molar-refractivity contribution in [2.75, 3.05) is 19.6 Å². The molecule has 194 valence electrons. The van der Waals surface area contributed by atoms with Crippen LogP contribution in [0.4, 0.5) is 5.69 Å². The molecule has 3 aromatic rings. The van der Waals surface area contributed by atoms with Gasteiger partial charge < -0.3 is 21.1 Å². The number of rotatable bonds is 9. The highest BCUT2D eigenvalue weighted by atomic mass is 79.9. The van der Waals surface area contributed by atoms with Gasteiger partial charge in [0.2, 0.25) is 0 Å². The molecule has 0 saturated carbocycles. The Morgan fingerprint density at radius 2 is 1.92 bits per heavy atom. The van der Waals surface area contributed by atoms with Crippen molar-refractivity contribution in [3.63, 3.8) is 0 Å². The van der Waals surface area contributed by atoms with Gasteiger partial charge in [-0.1, -0.05) is 34.1 Å². The van der Waals surface area contributed by atoms with E-state index in [1.807, 2.05) is 24.3 Å². The highest BCUT2D eigenvalue weighted by molar-refractivity contribution is 9.09. The summed E-state index contributed by atoms with van der Waals surface area (Å²) in [5.74, 6) is -1.40. The molecule has 8 nitrogen and oxygen atoms in total. The number of amides is 2. The molecule has 0 bridgehead atoms. The lowest BCUT2D eigenvalue weighted by molar-refractivity contribution is -0.140. The molecule has 5 rings (SSSR count). The molecule has 0 spiro atoms. The number of aliphatic imine (C=N–C) groups is 1. The van der Waals surface area contributed by atoms with Crippen LogP contribution in [0.1, 0.15) is 44.2 Å². The van der Waals surface area contributed by atoms with E-state index in [0.717, 1.165) is 40.4 Å². The Morgan fingerprint density at radius 1 is 1.14 bits per heavy atom. The highest BCUT2D eigenvalue weighted by Crippen LogP contribution is 2.39. The third kappa shape index (κ3) is 5.95. The average Bonchev–Trinajstić information content (AvgIpc) is 3.57. The second-order valence-electron chi connectivity index (χ2n) is 9.29. The molecule has 1 aromatic carbocycles. The van der Waals surface area contributed by atoms with Crippen LogP contribution in [0.15, 0.2) is 41.4 Å². The number of hydrogen-bond acceptors (Lipinski definition) is 7. The molecule has 2 aliphatic rings. The van der Waals surface area contributed by atoms with Gasteiger partial charge in [-0.25, -0.2) is 9.79 Å². The third-order valence-electron chi connectivity index (χ3n) is 6.74. The van der Waals surface area contributed by atoms with Crippen molar-refractivity contribution in [2.24, 2.45) is 10.9 Å². The number of aliphatic carboxylic acids is 1. The van der Waals surface area contributed by atoms with Crippen molar-refractivity contribution in [3.8, 4) is 0 Å². The van der Waals surface area contributed by atoms with Gasteiger partial charge in [-0.15, -0.1) is 22.7 Å². The number of carbonyl (C=O) groups is 3. The molecule has 2 atom stereocenters. The standard InChI is InChI=1S/C26H27BrN4O4S2/c27-21-17-3-1-2-4-18(17)30-22(21)24(33)31-19(25(34)35)13-29-23(32)20-12-15-11-16(36-26(15)37-20)6-5-14-7-9-28-10-8-14/h1-4,11-12,14,19,21,28H,5-10,13H2,(H,29,32)(H,31,33)(H,34,35)/t19-,21?/m0/s1. The maximum absolute atomic E-state index is 12.8. The van der Waals surface area contributed by atoms with Crippen LogP contribution in [0.5, 0.6) is 0 Å². The van der Waals surface area contributed by atoms with E-state index >= 15 is 0 Å². The van der Waals surface area contributed by atoms with Gasteiger partial charge in [0, 0.05) is 16.8 Å². The van der Waals surface area contributed by atoms with Crippen LogP contribution in [0.2, 0.25) is 0 Å². The summed E-state index contributed by atoms with van der Waals surface area (Å²) in [5, 5.41) is 19.2. The van der Waals surface area contributed by atoms with E-state index in [0.29, 0.717) is 10.6 Å². The number of carboxylic acid groups (broad SMARTS) is 1. The largest absolute Gasteiger partial charge is 0.480 e. The number of halogens is 1. The Bertz CT molecular complexity index is 1330. The minimum atomic E-state index is -1.29. The topological polar surface area (TPSA) is 120 Å². The van der Waals surface area contributed by atoms with Crippen LogP contribution < -0.4 is 16.0 Å². The Hall–Kier alpha value is -2.60. The van der Waals surface area contributed by atoms with Crippen LogP contribution in [-0.4, -0.2) is 54.3 Å². The van der Waals surface area contributed by atoms with E-state index in [9.17, 15) is 19.5 Å². The van der Waals surface area contributed by atoms with Crippen molar-refractivity contribution in [1.29, 1.82) is 0 Å². The number of hydrogen-bond donors (Lipinski definition) is 4. The minimum Gasteiger partial charge on any atom is -0.480 e. The first kappa shape index (κ1) is 26.0. The first-order chi connectivity index (χ1) is 17.9. The number of nitrogens with zero attached hydrogens (tertiary/aromatic N) is 1. The lowest BCUT2D eigenvalue weighted by Gasteiger charge is -2.22. The predicted molar refractivity (Wildman–Crippen MR) is 151 cm³/mol. The molecular formula is C26H27BrN4O4S2. The first-order valence-corrected chi connectivity index (χ1v) is 14.8. The third-order valence-corrected chi connectivity index (χ3v) is 10.1. The zero-order valence-electron chi connectivity index (χ0n) is 20.0. The van der Waals surface area contributed by atoms with Crippen LogP contribution >= 0.6 is 38.6 Å². The zero-order chi connectivity index (χ0) is 25.9. The van der Waals surface area contributed by atoms with Gasteiger partial charge in [-0.05, 0) is 68.5 Å². The van der Waals surface area contributed by atoms with Crippen molar-refractivity contribution in [2.45, 2.75) is 36.6 Å². The molecule has 11 heteroatoms. The summed E-state index contributed by atoms with van der Waals surface area (Å²) in [6.07, 6.45) is 4.73. The maximum atomic E-state index is 12.8. The van der Waals surface area contributed by atoms with Gasteiger partial charge in [0.1, 0.15) is 11.8 Å². The Morgan fingerprint density at radius 3 is 2.65 bits per heavy atom. The van der Waals surface area contributed by atoms with Crippen molar-refractivity contribution >= 4 is 77.2 Å². The number of carbonyl (C=O) groups excluding carboxylic acids is 2. The number of fused-ring (bicyclic) bond motifs is 2. The van der Waals surface area contributed by atoms with E-state index in [1.54, 1.807) is 17.4 Å². The Kier molecular flexibility index (Phi) is 8.04. The summed E-state index contributed by atoms with van der Waals surface area (Å²) in [6, 6.07) is 10.1. The lowest BCUT2D eigenvalue weighted by Crippen LogP contribution is -2.50. The molecule has 2 aliphatic heterocycles. The normalized spacial score (nSPS) is 18.3. The van der Waals surface area contributed by atoms with Gasteiger partial charge >= 0.3 is 5.97 Å². The fourth-order valence-electron chi connectivity index (χ4n) is 4.66. The molecule has 37 heavy (non-hydrogen) atoms. The molecule has 1 saturated heterocycles. The number of piperidine rings is 1. The zero-order valence-corrected chi connectivity index (χ0v) is 23.2. The van der Waals surface area contributed by atoms with Crippen LogP contribution in [0.3, 0.4) is 0 Å². The predicted octanol–water partition coefficient (Wildman–Crippen LogP) is 4.42. The van der Waals surface area contributed by atoms with Gasteiger partial charge in [-0.2, -0.15) is 0 Å². The van der Waals surface area contributed by atoms with Gasteiger partial charge in [0.25, 0.3) is 11.8 Å². The second-order valence-corrected chi connectivity index (χ2v) is 12.7. The summed E-state index contributed by atoms with van der Waals surface area (Å²) in [4.78, 5) is 43.1. The highest BCUT2D eigenvalue weighted by Gasteiger charge is 2.32. The quantitative estimate of drug-likeness (QED) is 0.270. The van der Waals surface area contributed by atoms with E-state index in [-0.39, 0.29) is 18.2 Å². The number of thiophene rings is 2. The van der Waals surface area contributed by atoms with Crippen LogP contribution in [0, 0.1) is 5.92 Å². The number of carboxylic acids is 1. The molecule has 0 aliphatic carbocycles. The summed E-state index contributed by atoms with van der Waals surface area (Å²) >= 11 is 6.60. The minimum absolute atomic E-state index is 0.188. The summed E-state index contributed by atoms with van der Waals surface area (Å²) in [7, 11) is 0. The number of benzene rings is 1. The fourth-order valence-corrected chi connectivity index (χ4v) is 7.78. The number of nitrogens with one attached hydrogen (secondary N) is 3. The molecule has 2 amide bonds. The number of para-hydroxylation sites is 1. The number of alkyl halides is 1. The van der Waals surface area contributed by atoms with E-state index in [1.165, 1.54) is 35.5 Å². The SMILES string of the molecule is O=C(N[C@@H](CNC(=O)c1cc2cc(CCC3CCNCC3)sc2s1)C(=O)O)C1=Nc2ccccc2C1Br. The summed E-state index contributed by atoms with van der Waals surface area (Å²) in [6.45, 7) is 1.98. The van der Waals surface area contributed by atoms with Crippen molar-refractivity contribution < 1.29 is 19.5 Å². The van der Waals surface area contributed by atoms with E-state index < -0.39 is 22.7 Å². The van der Waals surface area contributed by atoms with Crippen molar-refractivity contribution in [1.82, 2.24) is 16.0 Å². The first-order valence-electron chi connectivity index (χ1n) is 12.3. The lowest BCUT2D eigenvalue weighted by atomic mass is 9.93. The molecule has 4 N–H and O–H groups in total. The van der Waals surface area contributed by atoms with Crippen molar-refractivity contribution in [3.05, 3.63) is 51.7 Å². The molecule has 4 heterocycles.